The van der Waals surface area contributed by atoms with Crippen LogP contribution in [0.4, 0.5) is 5.82 Å². The van der Waals surface area contributed by atoms with Gasteiger partial charge in [-0.05, 0) is 42.1 Å². The van der Waals surface area contributed by atoms with Gasteiger partial charge in [-0.15, -0.1) is 33.3 Å². The summed E-state index contributed by atoms with van der Waals surface area (Å²) >= 11 is 3.15. The SMILES string of the molecule is O=C(CCCSc1ccc(NC(=O)c2ccco2)nn1)NCc1cccs1. The predicted octanol–water partition coefficient (Wildman–Crippen LogP) is 3.57. The average molecular weight is 403 g/mol. The molecule has 0 fully saturated rings. The molecule has 0 aliphatic rings. The second kappa shape index (κ2) is 9.89. The molecular weight excluding hydrogens is 384 g/mol. The summed E-state index contributed by atoms with van der Waals surface area (Å²) in [5.74, 6) is 1.01. The number of rotatable bonds is 9. The van der Waals surface area contributed by atoms with Crippen molar-refractivity contribution in [1.29, 1.82) is 0 Å². The number of anilines is 1. The van der Waals surface area contributed by atoms with Gasteiger partial charge in [0, 0.05) is 17.1 Å². The third kappa shape index (κ3) is 6.22. The van der Waals surface area contributed by atoms with Crippen molar-refractivity contribution in [2.24, 2.45) is 0 Å². The van der Waals surface area contributed by atoms with Gasteiger partial charge in [0.1, 0.15) is 5.03 Å². The first-order chi connectivity index (χ1) is 13.2. The maximum atomic E-state index is 11.8. The van der Waals surface area contributed by atoms with Gasteiger partial charge in [-0.1, -0.05) is 6.07 Å². The molecule has 0 aromatic carbocycles. The summed E-state index contributed by atoms with van der Waals surface area (Å²) in [6.07, 6.45) is 2.66. The molecule has 0 saturated heterocycles. The molecule has 0 aliphatic carbocycles. The zero-order valence-corrected chi connectivity index (χ0v) is 16.0. The van der Waals surface area contributed by atoms with Gasteiger partial charge in [0.2, 0.25) is 5.91 Å². The molecule has 0 atom stereocenters. The largest absolute Gasteiger partial charge is 0.459 e. The third-order valence-electron chi connectivity index (χ3n) is 3.46. The van der Waals surface area contributed by atoms with Crippen LogP contribution in [0, 0.1) is 0 Å². The zero-order valence-electron chi connectivity index (χ0n) is 14.4. The number of furan rings is 1. The molecule has 2 N–H and O–H groups in total. The molecule has 7 nitrogen and oxygen atoms in total. The van der Waals surface area contributed by atoms with Crippen LogP contribution >= 0.6 is 23.1 Å². The van der Waals surface area contributed by atoms with Crippen LogP contribution in [-0.4, -0.2) is 27.8 Å². The number of hydrogen-bond donors (Lipinski definition) is 2. The van der Waals surface area contributed by atoms with Crippen molar-refractivity contribution in [3.63, 3.8) is 0 Å². The minimum Gasteiger partial charge on any atom is -0.459 e. The van der Waals surface area contributed by atoms with Gasteiger partial charge in [0.25, 0.3) is 5.91 Å². The van der Waals surface area contributed by atoms with E-state index in [1.54, 1.807) is 35.6 Å². The fourth-order valence-corrected chi connectivity index (χ4v) is 3.55. The summed E-state index contributed by atoms with van der Waals surface area (Å²) < 4.78 is 5.02. The Balaban J connectivity index is 1.34. The highest BCUT2D eigenvalue weighted by atomic mass is 32.2. The van der Waals surface area contributed by atoms with Crippen LogP contribution < -0.4 is 10.6 Å². The molecule has 3 aromatic rings. The van der Waals surface area contributed by atoms with Crippen LogP contribution in [0.2, 0.25) is 0 Å². The summed E-state index contributed by atoms with van der Waals surface area (Å²) in [6, 6.07) is 10.7. The fourth-order valence-electron chi connectivity index (χ4n) is 2.15. The maximum Gasteiger partial charge on any atom is 0.292 e. The monoisotopic (exact) mass is 402 g/mol. The summed E-state index contributed by atoms with van der Waals surface area (Å²) in [7, 11) is 0. The van der Waals surface area contributed by atoms with Gasteiger partial charge < -0.3 is 15.1 Å². The molecule has 3 rings (SSSR count). The minimum atomic E-state index is -0.372. The summed E-state index contributed by atoms with van der Waals surface area (Å²) in [4.78, 5) is 24.8. The topological polar surface area (TPSA) is 97.1 Å². The lowest BCUT2D eigenvalue weighted by atomic mass is 10.3. The first kappa shape index (κ1) is 19.1. The smallest absolute Gasteiger partial charge is 0.292 e. The Hall–Kier alpha value is -2.65. The van der Waals surface area contributed by atoms with Crippen molar-refractivity contribution in [1.82, 2.24) is 15.5 Å². The maximum absolute atomic E-state index is 11.8. The Bertz CT molecular complexity index is 849. The van der Waals surface area contributed by atoms with E-state index in [0.717, 1.165) is 22.1 Å². The average Bonchev–Trinajstić information content (AvgIpc) is 3.38. The van der Waals surface area contributed by atoms with Gasteiger partial charge in [0.05, 0.1) is 12.8 Å². The number of thioether (sulfide) groups is 1. The molecule has 0 radical (unpaired) electrons. The highest BCUT2D eigenvalue weighted by molar-refractivity contribution is 7.99. The fraction of sp³-hybridized carbons (Fsp3) is 0.222. The normalized spacial score (nSPS) is 10.5. The molecule has 0 bridgehead atoms. The van der Waals surface area contributed by atoms with Gasteiger partial charge in [-0.3, -0.25) is 9.59 Å². The second-order valence-corrected chi connectivity index (χ2v) is 7.64. The van der Waals surface area contributed by atoms with Crippen molar-refractivity contribution in [3.05, 3.63) is 58.7 Å². The molecule has 2 amide bonds. The molecule has 27 heavy (non-hydrogen) atoms. The van der Waals surface area contributed by atoms with Gasteiger partial charge in [-0.2, -0.15) is 0 Å². The van der Waals surface area contributed by atoms with Crippen LogP contribution in [0.1, 0.15) is 28.3 Å². The van der Waals surface area contributed by atoms with E-state index in [9.17, 15) is 9.59 Å². The van der Waals surface area contributed by atoms with Gasteiger partial charge in [0.15, 0.2) is 11.6 Å². The number of nitrogens with one attached hydrogen (secondary N) is 2. The van der Waals surface area contributed by atoms with Crippen molar-refractivity contribution >= 4 is 40.7 Å². The lowest BCUT2D eigenvalue weighted by Gasteiger charge is -2.04. The van der Waals surface area contributed by atoms with Gasteiger partial charge in [-0.25, -0.2) is 0 Å². The molecule has 3 heterocycles. The number of carbonyl (C=O) groups excluding carboxylic acids is 2. The summed E-state index contributed by atoms with van der Waals surface area (Å²) in [5.41, 5.74) is 0. The van der Waals surface area contributed by atoms with Crippen molar-refractivity contribution in [2.45, 2.75) is 24.4 Å². The summed E-state index contributed by atoms with van der Waals surface area (Å²) in [5, 5.41) is 16.3. The molecular formula is C18H18N4O3S2. The second-order valence-electron chi connectivity index (χ2n) is 5.50. The molecule has 140 valence electrons. The van der Waals surface area contributed by atoms with E-state index >= 15 is 0 Å². The molecule has 0 aliphatic heterocycles. The lowest BCUT2D eigenvalue weighted by molar-refractivity contribution is -0.121. The minimum absolute atomic E-state index is 0.0473. The zero-order chi connectivity index (χ0) is 18.9. The van der Waals surface area contributed by atoms with Crippen molar-refractivity contribution in [3.8, 4) is 0 Å². The molecule has 3 aromatic heterocycles. The predicted molar refractivity (Wildman–Crippen MR) is 105 cm³/mol. The molecule has 0 unspecified atom stereocenters. The van der Waals surface area contributed by atoms with E-state index in [2.05, 4.69) is 20.8 Å². The first-order valence-electron chi connectivity index (χ1n) is 8.31. The number of amides is 2. The number of thiophene rings is 1. The van der Waals surface area contributed by atoms with Crippen LogP contribution in [0.3, 0.4) is 0 Å². The standard InChI is InChI=1S/C18H18N4O3S2/c23-16(19-12-13-4-2-10-26-13)6-3-11-27-17-8-7-15(21-22-17)20-18(24)14-5-1-9-25-14/h1-2,4-5,7-10H,3,6,11-12H2,(H,19,23)(H,20,21,24). The highest BCUT2D eigenvalue weighted by Gasteiger charge is 2.10. The van der Waals surface area contributed by atoms with E-state index in [0.29, 0.717) is 18.8 Å². The Kier molecular flexibility index (Phi) is 7.00. The van der Waals surface area contributed by atoms with Crippen LogP contribution in [0.15, 0.2) is 57.5 Å². The van der Waals surface area contributed by atoms with Crippen molar-refractivity contribution < 1.29 is 14.0 Å². The third-order valence-corrected chi connectivity index (χ3v) is 5.35. The Morgan fingerprint density at radius 1 is 1.15 bits per heavy atom. The van der Waals surface area contributed by atoms with Crippen LogP contribution in [0.5, 0.6) is 0 Å². The molecule has 9 heteroatoms. The Labute approximate surface area is 164 Å². The highest BCUT2D eigenvalue weighted by Crippen LogP contribution is 2.17. The first-order valence-corrected chi connectivity index (χ1v) is 10.2. The number of hydrogen-bond acceptors (Lipinski definition) is 7. The van der Waals surface area contributed by atoms with E-state index in [1.807, 2.05) is 17.5 Å². The van der Waals surface area contributed by atoms with Gasteiger partial charge >= 0.3 is 0 Å². The number of aromatic nitrogens is 2. The van der Waals surface area contributed by atoms with E-state index in [4.69, 9.17) is 4.42 Å². The van der Waals surface area contributed by atoms with Crippen LogP contribution in [0.25, 0.3) is 0 Å². The Morgan fingerprint density at radius 3 is 2.78 bits per heavy atom. The van der Waals surface area contributed by atoms with Crippen molar-refractivity contribution in [2.75, 3.05) is 11.1 Å². The molecule has 0 spiro atoms. The quantitative estimate of drug-likeness (QED) is 0.419. The lowest BCUT2D eigenvalue weighted by Crippen LogP contribution is -2.21. The number of carbonyl (C=O) groups is 2. The van der Waals surface area contributed by atoms with E-state index in [-0.39, 0.29) is 17.6 Å². The summed E-state index contributed by atoms with van der Waals surface area (Å²) in [6.45, 7) is 0.584. The van der Waals surface area contributed by atoms with E-state index < -0.39 is 0 Å². The van der Waals surface area contributed by atoms with E-state index in [1.165, 1.54) is 18.0 Å². The number of nitrogens with zero attached hydrogens (tertiary/aromatic N) is 2. The Morgan fingerprint density at radius 2 is 2.07 bits per heavy atom. The van der Waals surface area contributed by atoms with Crippen LogP contribution in [-0.2, 0) is 11.3 Å². The molecule has 0 saturated carbocycles.